The van der Waals surface area contributed by atoms with E-state index in [0.29, 0.717) is 11.0 Å². The van der Waals surface area contributed by atoms with Crippen molar-refractivity contribution in [3.05, 3.63) is 33.5 Å². The summed E-state index contributed by atoms with van der Waals surface area (Å²) in [6.07, 6.45) is 1.90. The van der Waals surface area contributed by atoms with Crippen molar-refractivity contribution < 1.29 is 9.18 Å². The first-order chi connectivity index (χ1) is 7.57. The maximum atomic E-state index is 13.5. The van der Waals surface area contributed by atoms with Crippen LogP contribution in [0, 0.1) is 12.7 Å². The maximum Gasteiger partial charge on any atom is 0.255 e. The second-order valence-electron chi connectivity index (χ2n) is 3.66. The molecule has 1 rings (SSSR count). The lowest BCUT2D eigenvalue weighted by molar-refractivity contribution is 0.0948. The SMILES string of the molecule is CCCCNC(=O)c1c(F)ccc(C)c1Br. The van der Waals surface area contributed by atoms with E-state index in [1.165, 1.54) is 6.07 Å². The Balaban J connectivity index is 2.86. The zero-order valence-electron chi connectivity index (χ0n) is 9.44. The highest BCUT2D eigenvalue weighted by molar-refractivity contribution is 9.10. The van der Waals surface area contributed by atoms with Crippen molar-refractivity contribution in [1.29, 1.82) is 0 Å². The highest BCUT2D eigenvalue weighted by Gasteiger charge is 2.16. The number of carbonyl (C=O) groups excluding carboxylic acids is 1. The molecular weight excluding hydrogens is 273 g/mol. The van der Waals surface area contributed by atoms with Gasteiger partial charge in [0.2, 0.25) is 0 Å². The van der Waals surface area contributed by atoms with E-state index in [9.17, 15) is 9.18 Å². The summed E-state index contributed by atoms with van der Waals surface area (Å²) in [5.74, 6) is -0.854. The Morgan fingerprint density at radius 1 is 1.50 bits per heavy atom. The van der Waals surface area contributed by atoms with Gasteiger partial charge < -0.3 is 5.32 Å². The van der Waals surface area contributed by atoms with Crippen LogP contribution >= 0.6 is 15.9 Å². The molecule has 0 fully saturated rings. The summed E-state index contributed by atoms with van der Waals surface area (Å²) < 4.78 is 14.0. The molecule has 1 aromatic carbocycles. The summed E-state index contributed by atoms with van der Waals surface area (Å²) in [5, 5.41) is 2.70. The van der Waals surface area contributed by atoms with Crippen LogP contribution < -0.4 is 5.32 Å². The van der Waals surface area contributed by atoms with Crippen molar-refractivity contribution in [3.8, 4) is 0 Å². The second kappa shape index (κ2) is 5.99. The van der Waals surface area contributed by atoms with Gasteiger partial charge in [0.05, 0.1) is 5.56 Å². The average Bonchev–Trinajstić information content (AvgIpc) is 2.24. The van der Waals surface area contributed by atoms with Crippen LogP contribution in [0.3, 0.4) is 0 Å². The van der Waals surface area contributed by atoms with Crippen LogP contribution in [0.2, 0.25) is 0 Å². The van der Waals surface area contributed by atoms with Gasteiger partial charge in [-0.3, -0.25) is 4.79 Å². The lowest BCUT2D eigenvalue weighted by Crippen LogP contribution is -2.25. The molecule has 0 saturated carbocycles. The van der Waals surface area contributed by atoms with Gasteiger partial charge in [-0.2, -0.15) is 0 Å². The Morgan fingerprint density at radius 3 is 2.81 bits per heavy atom. The molecule has 0 spiro atoms. The summed E-state index contributed by atoms with van der Waals surface area (Å²) in [7, 11) is 0. The van der Waals surface area contributed by atoms with Gasteiger partial charge in [-0.25, -0.2) is 4.39 Å². The number of amides is 1. The molecule has 0 saturated heterocycles. The predicted molar refractivity (Wildman–Crippen MR) is 66.1 cm³/mol. The van der Waals surface area contributed by atoms with Crippen LogP contribution in [0.25, 0.3) is 0 Å². The van der Waals surface area contributed by atoms with Crippen molar-refractivity contribution in [3.63, 3.8) is 0 Å². The number of nitrogens with one attached hydrogen (secondary N) is 1. The van der Waals surface area contributed by atoms with Crippen LogP contribution in [0.1, 0.15) is 35.7 Å². The summed E-state index contributed by atoms with van der Waals surface area (Å²) >= 11 is 3.24. The van der Waals surface area contributed by atoms with Crippen molar-refractivity contribution in [2.24, 2.45) is 0 Å². The zero-order valence-corrected chi connectivity index (χ0v) is 11.0. The molecule has 0 unspecified atom stereocenters. The molecule has 0 radical (unpaired) electrons. The van der Waals surface area contributed by atoms with Crippen LogP contribution in [0.4, 0.5) is 4.39 Å². The van der Waals surface area contributed by atoms with Crippen LogP contribution in [0.5, 0.6) is 0 Å². The molecule has 1 N–H and O–H groups in total. The molecule has 0 heterocycles. The predicted octanol–water partition coefficient (Wildman–Crippen LogP) is 3.43. The number of hydrogen-bond acceptors (Lipinski definition) is 1. The number of rotatable bonds is 4. The Bertz CT molecular complexity index is 393. The highest BCUT2D eigenvalue weighted by Crippen LogP contribution is 2.23. The number of aryl methyl sites for hydroxylation is 1. The minimum Gasteiger partial charge on any atom is -0.352 e. The number of hydrogen-bond donors (Lipinski definition) is 1. The third-order valence-corrected chi connectivity index (χ3v) is 3.35. The minimum atomic E-state index is -0.494. The van der Waals surface area contributed by atoms with Gasteiger partial charge in [0, 0.05) is 11.0 Å². The molecule has 0 bridgehead atoms. The number of halogens is 2. The quantitative estimate of drug-likeness (QED) is 0.845. The van der Waals surface area contributed by atoms with Crippen LogP contribution in [0.15, 0.2) is 16.6 Å². The van der Waals surface area contributed by atoms with Gasteiger partial charge in [0.25, 0.3) is 5.91 Å². The van der Waals surface area contributed by atoms with E-state index in [4.69, 9.17) is 0 Å². The first-order valence-corrected chi connectivity index (χ1v) is 6.10. The lowest BCUT2D eigenvalue weighted by atomic mass is 10.1. The van der Waals surface area contributed by atoms with E-state index in [0.717, 1.165) is 18.4 Å². The molecule has 0 aliphatic heterocycles. The fraction of sp³-hybridized carbons (Fsp3) is 0.417. The fourth-order valence-electron chi connectivity index (χ4n) is 1.33. The maximum absolute atomic E-state index is 13.5. The monoisotopic (exact) mass is 287 g/mol. The third-order valence-electron chi connectivity index (χ3n) is 2.33. The van der Waals surface area contributed by atoms with Crippen LogP contribution in [-0.4, -0.2) is 12.5 Å². The number of benzene rings is 1. The summed E-state index contributed by atoms with van der Waals surface area (Å²) in [6.45, 7) is 4.44. The summed E-state index contributed by atoms with van der Waals surface area (Å²) in [5.41, 5.74) is 0.943. The van der Waals surface area contributed by atoms with E-state index in [-0.39, 0.29) is 11.5 Å². The second-order valence-corrected chi connectivity index (χ2v) is 4.46. The molecule has 0 atom stereocenters. The molecule has 4 heteroatoms. The molecular formula is C12H15BrFNO. The Hall–Kier alpha value is -0.900. The lowest BCUT2D eigenvalue weighted by Gasteiger charge is -2.09. The molecule has 1 aromatic rings. The van der Waals surface area contributed by atoms with Gasteiger partial charge >= 0.3 is 0 Å². The molecule has 0 aliphatic rings. The van der Waals surface area contributed by atoms with Crippen molar-refractivity contribution in [2.45, 2.75) is 26.7 Å². The van der Waals surface area contributed by atoms with E-state index < -0.39 is 5.82 Å². The first-order valence-electron chi connectivity index (χ1n) is 5.30. The molecule has 0 aromatic heterocycles. The van der Waals surface area contributed by atoms with Crippen molar-refractivity contribution in [2.75, 3.05) is 6.54 Å². The first kappa shape index (κ1) is 13.2. The Labute approximate surface area is 103 Å². The van der Waals surface area contributed by atoms with Gasteiger partial charge in [-0.1, -0.05) is 19.4 Å². The molecule has 16 heavy (non-hydrogen) atoms. The zero-order chi connectivity index (χ0) is 12.1. The Morgan fingerprint density at radius 2 is 2.19 bits per heavy atom. The highest BCUT2D eigenvalue weighted by atomic mass is 79.9. The van der Waals surface area contributed by atoms with Crippen molar-refractivity contribution >= 4 is 21.8 Å². The minimum absolute atomic E-state index is 0.0936. The van der Waals surface area contributed by atoms with Gasteiger partial charge in [0.15, 0.2) is 0 Å². The van der Waals surface area contributed by atoms with E-state index in [2.05, 4.69) is 21.2 Å². The number of carbonyl (C=O) groups is 1. The third kappa shape index (κ3) is 3.04. The smallest absolute Gasteiger partial charge is 0.255 e. The normalized spacial score (nSPS) is 10.2. The molecule has 1 amide bonds. The van der Waals surface area contributed by atoms with E-state index in [1.54, 1.807) is 6.07 Å². The molecule has 2 nitrogen and oxygen atoms in total. The molecule has 88 valence electrons. The topological polar surface area (TPSA) is 29.1 Å². The Kier molecular flexibility index (Phi) is 4.93. The molecule has 0 aliphatic carbocycles. The van der Waals surface area contributed by atoms with Gasteiger partial charge in [0.1, 0.15) is 5.82 Å². The summed E-state index contributed by atoms with van der Waals surface area (Å²) in [4.78, 5) is 11.7. The number of unbranched alkanes of at least 4 members (excludes halogenated alkanes) is 1. The van der Waals surface area contributed by atoms with Gasteiger partial charge in [-0.05, 0) is 40.9 Å². The van der Waals surface area contributed by atoms with E-state index in [1.807, 2.05) is 13.8 Å². The standard InChI is InChI=1S/C12H15BrFNO/c1-3-4-7-15-12(16)10-9(14)6-5-8(2)11(10)13/h5-6H,3-4,7H2,1-2H3,(H,15,16). The van der Waals surface area contributed by atoms with E-state index >= 15 is 0 Å². The largest absolute Gasteiger partial charge is 0.352 e. The fourth-order valence-corrected chi connectivity index (χ4v) is 1.83. The average molecular weight is 288 g/mol. The van der Waals surface area contributed by atoms with Crippen molar-refractivity contribution in [1.82, 2.24) is 5.32 Å². The van der Waals surface area contributed by atoms with Crippen LogP contribution in [-0.2, 0) is 0 Å². The van der Waals surface area contributed by atoms with Gasteiger partial charge in [-0.15, -0.1) is 0 Å². The summed E-state index contributed by atoms with van der Waals surface area (Å²) in [6, 6.07) is 2.96.